The molecule has 0 radical (unpaired) electrons. The maximum Gasteiger partial charge on any atom is 0.326 e. The third kappa shape index (κ3) is 2.57. The van der Waals surface area contributed by atoms with Crippen molar-refractivity contribution in [1.82, 2.24) is 15.1 Å². The summed E-state index contributed by atoms with van der Waals surface area (Å²) < 4.78 is 0. The number of nitrogens with one attached hydrogen (secondary N) is 1. The number of hydrogen-bond acceptors (Lipinski definition) is 3. The molecule has 1 amide bonds. The molecule has 1 aliphatic rings. The number of amides is 1. The van der Waals surface area contributed by atoms with Gasteiger partial charge in [0.1, 0.15) is 11.7 Å². The first kappa shape index (κ1) is 14.6. The van der Waals surface area contributed by atoms with E-state index in [0.717, 1.165) is 5.56 Å². The van der Waals surface area contributed by atoms with Gasteiger partial charge in [0.05, 0.1) is 10.7 Å². The normalized spacial score (nSPS) is 17.7. The maximum absolute atomic E-state index is 12.4. The van der Waals surface area contributed by atoms with Gasteiger partial charge >= 0.3 is 5.97 Å². The zero-order chi connectivity index (χ0) is 15.7. The van der Waals surface area contributed by atoms with Crippen LogP contribution in [0, 0.1) is 0 Å². The highest BCUT2D eigenvalue weighted by atomic mass is 35.5. The number of aromatic amines is 1. The summed E-state index contributed by atoms with van der Waals surface area (Å²) in [4.78, 5) is 25.0. The summed E-state index contributed by atoms with van der Waals surface area (Å²) in [7, 11) is 0. The smallest absolute Gasteiger partial charge is 0.326 e. The quantitative estimate of drug-likeness (QED) is 0.909. The molecule has 2 heterocycles. The van der Waals surface area contributed by atoms with Crippen LogP contribution in [0.3, 0.4) is 0 Å². The summed E-state index contributed by atoms with van der Waals surface area (Å²) in [6.07, 6.45) is 1.17. The average molecular weight is 320 g/mol. The number of nitrogens with zero attached hydrogens (tertiary/aromatic N) is 2. The Morgan fingerprint density at radius 1 is 1.36 bits per heavy atom. The lowest BCUT2D eigenvalue weighted by molar-refractivity contribution is -0.141. The summed E-state index contributed by atoms with van der Waals surface area (Å²) in [6, 6.07) is 8.03. The van der Waals surface area contributed by atoms with E-state index in [1.165, 1.54) is 4.90 Å². The molecule has 1 aliphatic heterocycles. The third-order valence-corrected chi connectivity index (χ3v) is 4.09. The van der Waals surface area contributed by atoms with Gasteiger partial charge in [-0.15, -0.1) is 0 Å². The number of carbonyl (C=O) groups is 2. The molecule has 1 aromatic heterocycles. The molecule has 1 saturated heterocycles. The Hall–Kier alpha value is -2.34. The first-order chi connectivity index (χ1) is 10.6. The minimum atomic E-state index is -0.975. The topological polar surface area (TPSA) is 86.3 Å². The molecule has 0 bridgehead atoms. The summed E-state index contributed by atoms with van der Waals surface area (Å²) in [5.41, 5.74) is 1.54. The van der Waals surface area contributed by atoms with Crippen molar-refractivity contribution in [3.8, 4) is 11.3 Å². The van der Waals surface area contributed by atoms with Crippen LogP contribution < -0.4 is 0 Å². The molecule has 1 aromatic carbocycles. The van der Waals surface area contributed by atoms with E-state index in [9.17, 15) is 9.59 Å². The van der Waals surface area contributed by atoms with E-state index in [1.807, 2.05) is 18.2 Å². The number of rotatable bonds is 3. The summed E-state index contributed by atoms with van der Waals surface area (Å²) in [6.45, 7) is 0.441. The molecule has 6 nitrogen and oxygen atoms in total. The van der Waals surface area contributed by atoms with Gasteiger partial charge in [-0.05, 0) is 25.0 Å². The van der Waals surface area contributed by atoms with Crippen LogP contribution in [0.15, 0.2) is 30.3 Å². The Labute approximate surface area is 131 Å². The van der Waals surface area contributed by atoms with Gasteiger partial charge in [-0.25, -0.2) is 4.79 Å². The van der Waals surface area contributed by atoms with E-state index >= 15 is 0 Å². The predicted octanol–water partition coefficient (Wildman–Crippen LogP) is 2.42. The van der Waals surface area contributed by atoms with Crippen molar-refractivity contribution in [2.45, 2.75) is 18.9 Å². The van der Waals surface area contributed by atoms with Crippen molar-refractivity contribution >= 4 is 23.5 Å². The van der Waals surface area contributed by atoms with Gasteiger partial charge in [-0.3, -0.25) is 9.89 Å². The lowest BCUT2D eigenvalue weighted by atomic mass is 10.1. The van der Waals surface area contributed by atoms with Crippen molar-refractivity contribution in [2.75, 3.05) is 6.54 Å². The van der Waals surface area contributed by atoms with Crippen LogP contribution in [-0.2, 0) is 4.79 Å². The zero-order valence-electron chi connectivity index (χ0n) is 11.6. The second-order valence-corrected chi connectivity index (χ2v) is 5.55. The minimum absolute atomic E-state index is 0.267. The maximum atomic E-state index is 12.4. The van der Waals surface area contributed by atoms with Crippen LogP contribution in [0.2, 0.25) is 5.02 Å². The van der Waals surface area contributed by atoms with E-state index in [0.29, 0.717) is 30.1 Å². The number of carboxylic acid groups (broad SMARTS) is 1. The van der Waals surface area contributed by atoms with E-state index in [4.69, 9.17) is 16.7 Å². The highest BCUT2D eigenvalue weighted by Crippen LogP contribution is 2.27. The van der Waals surface area contributed by atoms with E-state index < -0.39 is 12.0 Å². The van der Waals surface area contributed by atoms with Crippen LogP contribution in [-0.4, -0.2) is 44.7 Å². The van der Waals surface area contributed by atoms with Crippen molar-refractivity contribution in [1.29, 1.82) is 0 Å². The predicted molar refractivity (Wildman–Crippen MR) is 80.7 cm³/mol. The highest BCUT2D eigenvalue weighted by molar-refractivity contribution is 6.33. The van der Waals surface area contributed by atoms with Gasteiger partial charge in [-0.2, -0.15) is 5.10 Å². The number of aromatic nitrogens is 2. The molecule has 2 aromatic rings. The minimum Gasteiger partial charge on any atom is -0.480 e. The van der Waals surface area contributed by atoms with Crippen molar-refractivity contribution in [3.05, 3.63) is 41.0 Å². The molecule has 0 saturated carbocycles. The Morgan fingerprint density at radius 2 is 2.14 bits per heavy atom. The molecule has 2 N–H and O–H groups in total. The van der Waals surface area contributed by atoms with Crippen molar-refractivity contribution in [3.63, 3.8) is 0 Å². The summed E-state index contributed by atoms with van der Waals surface area (Å²) in [5.74, 6) is -1.33. The number of H-pyrrole nitrogens is 1. The Morgan fingerprint density at radius 3 is 2.86 bits per heavy atom. The fraction of sp³-hybridized carbons (Fsp3) is 0.267. The first-order valence-corrected chi connectivity index (χ1v) is 7.30. The van der Waals surface area contributed by atoms with Gasteiger partial charge in [0.15, 0.2) is 0 Å². The van der Waals surface area contributed by atoms with Gasteiger partial charge in [0.2, 0.25) is 0 Å². The Bertz CT molecular complexity index is 728. The molecular weight excluding hydrogens is 306 g/mol. The van der Waals surface area contributed by atoms with Crippen molar-refractivity contribution in [2.24, 2.45) is 0 Å². The average Bonchev–Trinajstić information content (AvgIpc) is 3.16. The fourth-order valence-corrected chi connectivity index (χ4v) is 2.89. The molecule has 22 heavy (non-hydrogen) atoms. The summed E-state index contributed by atoms with van der Waals surface area (Å²) in [5, 5.41) is 16.5. The molecular formula is C15H14ClN3O3. The Balaban J connectivity index is 1.86. The lowest BCUT2D eigenvalue weighted by Gasteiger charge is -2.20. The van der Waals surface area contributed by atoms with E-state index in [-0.39, 0.29) is 11.6 Å². The Kier molecular flexibility index (Phi) is 3.85. The molecule has 0 spiro atoms. The SMILES string of the molecule is O=C(O)[C@@H]1CCCN1C(=O)c1cc(-c2ccccc2Cl)n[nH]1. The van der Waals surface area contributed by atoms with Gasteiger partial charge in [0, 0.05) is 12.1 Å². The number of likely N-dealkylation sites (tertiary alicyclic amines) is 1. The molecule has 114 valence electrons. The molecule has 1 fully saturated rings. The van der Waals surface area contributed by atoms with Crippen LogP contribution in [0.4, 0.5) is 0 Å². The number of halogens is 1. The second-order valence-electron chi connectivity index (χ2n) is 5.14. The molecule has 0 aliphatic carbocycles. The van der Waals surface area contributed by atoms with Crippen LogP contribution in [0.5, 0.6) is 0 Å². The summed E-state index contributed by atoms with van der Waals surface area (Å²) >= 11 is 6.11. The molecule has 0 unspecified atom stereocenters. The second kappa shape index (κ2) is 5.81. The number of hydrogen-bond donors (Lipinski definition) is 2. The monoisotopic (exact) mass is 319 g/mol. The fourth-order valence-electron chi connectivity index (χ4n) is 2.66. The number of carboxylic acids is 1. The highest BCUT2D eigenvalue weighted by Gasteiger charge is 2.35. The van der Waals surface area contributed by atoms with Crippen molar-refractivity contribution < 1.29 is 14.7 Å². The van der Waals surface area contributed by atoms with E-state index in [1.54, 1.807) is 12.1 Å². The zero-order valence-corrected chi connectivity index (χ0v) is 12.4. The number of aliphatic carboxylic acids is 1. The molecule has 3 rings (SSSR count). The number of benzene rings is 1. The largest absolute Gasteiger partial charge is 0.480 e. The lowest BCUT2D eigenvalue weighted by Crippen LogP contribution is -2.40. The first-order valence-electron chi connectivity index (χ1n) is 6.92. The van der Waals surface area contributed by atoms with Gasteiger partial charge in [0.25, 0.3) is 5.91 Å². The standard InChI is InChI=1S/C15H14ClN3O3/c16-10-5-2-1-4-9(10)11-8-12(18-17-11)14(20)19-7-3-6-13(19)15(21)22/h1-2,4-5,8,13H,3,6-7H2,(H,17,18)(H,21,22)/t13-/m0/s1. The number of carbonyl (C=O) groups excluding carboxylic acids is 1. The van der Waals surface area contributed by atoms with Crippen LogP contribution >= 0.6 is 11.6 Å². The van der Waals surface area contributed by atoms with Crippen LogP contribution in [0.25, 0.3) is 11.3 Å². The van der Waals surface area contributed by atoms with E-state index in [2.05, 4.69) is 10.2 Å². The van der Waals surface area contributed by atoms with Gasteiger partial charge in [-0.1, -0.05) is 29.8 Å². The van der Waals surface area contributed by atoms with Crippen LogP contribution in [0.1, 0.15) is 23.3 Å². The van der Waals surface area contributed by atoms with Gasteiger partial charge < -0.3 is 10.0 Å². The third-order valence-electron chi connectivity index (χ3n) is 3.76. The molecule has 7 heteroatoms. The molecule has 1 atom stereocenters.